The number of aliphatic hydroxyl groups is 1. The van der Waals surface area contributed by atoms with Gasteiger partial charge in [0.1, 0.15) is 16.3 Å². The molecule has 0 aromatic heterocycles. The second-order valence-electron chi connectivity index (χ2n) is 7.09. The fraction of sp³-hybridized carbons (Fsp3) is 0.200. The van der Waals surface area contributed by atoms with E-state index in [-0.39, 0.29) is 33.3 Å². The number of aliphatic hydroxyl groups excluding tert-OH is 1. The number of carbonyl (C=O) groups excluding carboxylic acids is 2. The number of amides is 2. The summed E-state index contributed by atoms with van der Waals surface area (Å²) < 4.78 is 26.7. The van der Waals surface area contributed by atoms with Crippen molar-refractivity contribution in [3.05, 3.63) is 83.4 Å². The normalized spacial score (nSPS) is 13.7. The minimum absolute atomic E-state index is 0.0926. The van der Waals surface area contributed by atoms with Gasteiger partial charge in [-0.05, 0) is 54.6 Å². The minimum atomic E-state index is -0.637. The third-order valence-electron chi connectivity index (χ3n) is 4.73. The average molecular weight is 518 g/mol. The number of rotatable bonds is 7. The molecule has 3 aromatic rings. The van der Waals surface area contributed by atoms with Crippen molar-refractivity contribution in [1.82, 2.24) is 0 Å². The van der Waals surface area contributed by atoms with Crippen LogP contribution in [0.1, 0.15) is 29.8 Å². The Labute approximate surface area is 210 Å². The second-order valence-corrected chi connectivity index (χ2v) is 9.63. The first kappa shape index (κ1) is 26.5. The first-order valence-corrected chi connectivity index (χ1v) is 12.8. The summed E-state index contributed by atoms with van der Waals surface area (Å²) in [5.41, 5.74) is 2.24. The van der Waals surface area contributed by atoms with E-state index in [0.29, 0.717) is 11.4 Å². The molecular formula is C25H25F2N3O3S2. The average Bonchev–Trinajstić information content (AvgIpc) is 3.27. The Bertz CT molecular complexity index is 1190. The molecule has 4 rings (SSSR count). The Kier molecular flexibility index (Phi) is 9.53. The maximum atomic E-state index is 13.8. The molecule has 1 unspecified atom stereocenters. The molecule has 4 N–H and O–H groups in total. The zero-order valence-corrected chi connectivity index (χ0v) is 20.7. The van der Waals surface area contributed by atoms with Gasteiger partial charge in [0.2, 0.25) is 5.91 Å². The predicted molar refractivity (Wildman–Crippen MR) is 139 cm³/mol. The van der Waals surface area contributed by atoms with Gasteiger partial charge in [-0.15, -0.1) is 11.8 Å². The van der Waals surface area contributed by atoms with Crippen LogP contribution in [0, 0.1) is 11.6 Å². The highest BCUT2D eigenvalue weighted by molar-refractivity contribution is 8.17. The summed E-state index contributed by atoms with van der Waals surface area (Å²) in [4.78, 5) is 25.5. The van der Waals surface area contributed by atoms with Crippen molar-refractivity contribution < 1.29 is 23.5 Å². The van der Waals surface area contributed by atoms with Crippen LogP contribution in [0.4, 0.5) is 25.8 Å². The number of anilines is 3. The molecule has 1 aliphatic rings. The topological polar surface area (TPSA) is 90.5 Å². The van der Waals surface area contributed by atoms with E-state index in [9.17, 15) is 18.4 Å². The smallest absolute Gasteiger partial charge is 0.255 e. The minimum Gasteiger partial charge on any atom is -0.392 e. The molecule has 10 heteroatoms. The van der Waals surface area contributed by atoms with E-state index >= 15 is 0 Å². The van der Waals surface area contributed by atoms with Crippen LogP contribution in [0.3, 0.4) is 0 Å². The van der Waals surface area contributed by atoms with Crippen LogP contribution < -0.4 is 16.0 Å². The molecule has 3 aromatic carbocycles. The molecular weight excluding hydrogens is 492 g/mol. The number of fused-ring (bicyclic) bond motifs is 1. The lowest BCUT2D eigenvalue weighted by atomic mass is 10.1. The first-order chi connectivity index (χ1) is 16.9. The number of carbonyl (C=O) groups is 2. The van der Waals surface area contributed by atoms with Gasteiger partial charge in [0.25, 0.3) is 5.91 Å². The summed E-state index contributed by atoms with van der Waals surface area (Å²) in [5.74, 6) is -1.46. The summed E-state index contributed by atoms with van der Waals surface area (Å²) >= 11 is 2.92. The summed E-state index contributed by atoms with van der Waals surface area (Å²) in [7, 11) is 0. The van der Waals surface area contributed by atoms with Gasteiger partial charge in [-0.1, -0.05) is 31.7 Å². The third kappa shape index (κ3) is 7.20. The van der Waals surface area contributed by atoms with Crippen LogP contribution in [-0.2, 0) is 11.4 Å². The molecule has 1 aliphatic heterocycles. The predicted octanol–water partition coefficient (Wildman–Crippen LogP) is 5.91. The number of nitrogens with one attached hydrogen (secondary N) is 3. The highest BCUT2D eigenvalue weighted by Gasteiger charge is 2.23. The van der Waals surface area contributed by atoms with Crippen molar-refractivity contribution in [2.24, 2.45) is 0 Å². The quantitative estimate of drug-likeness (QED) is 0.312. The lowest BCUT2D eigenvalue weighted by molar-refractivity contribution is -0.113. The highest BCUT2D eigenvalue weighted by Crippen LogP contribution is 2.44. The van der Waals surface area contributed by atoms with Gasteiger partial charge >= 0.3 is 0 Å². The summed E-state index contributed by atoms with van der Waals surface area (Å²) in [5, 5.41) is 17.8. The van der Waals surface area contributed by atoms with Crippen molar-refractivity contribution in [2.45, 2.75) is 30.1 Å². The molecule has 0 aliphatic carbocycles. The maximum Gasteiger partial charge on any atom is 0.255 e. The molecule has 0 radical (unpaired) electrons. The van der Waals surface area contributed by atoms with Crippen LogP contribution in [0.2, 0.25) is 0 Å². The number of thioether (sulfide) groups is 2. The SMILES string of the molecule is CC.O=C(CSC1Nc2ccc(NC(=O)c3ccc(CO)c(F)c3)cc2S1)Nc1ccc(F)cc1. The zero-order valence-electron chi connectivity index (χ0n) is 19.1. The van der Waals surface area contributed by atoms with E-state index in [1.807, 2.05) is 26.0 Å². The van der Waals surface area contributed by atoms with Gasteiger partial charge in [-0.25, -0.2) is 8.78 Å². The molecule has 0 bridgehead atoms. The Hall–Kier alpha value is -3.08. The van der Waals surface area contributed by atoms with Gasteiger partial charge < -0.3 is 21.1 Å². The molecule has 1 heterocycles. The van der Waals surface area contributed by atoms with Crippen molar-refractivity contribution in [3.63, 3.8) is 0 Å². The van der Waals surface area contributed by atoms with Crippen LogP contribution in [-0.4, -0.2) is 27.4 Å². The molecule has 35 heavy (non-hydrogen) atoms. The fourth-order valence-corrected chi connectivity index (χ4v) is 5.30. The van der Waals surface area contributed by atoms with Crippen molar-refractivity contribution in [2.75, 3.05) is 21.7 Å². The van der Waals surface area contributed by atoms with Crippen LogP contribution in [0.25, 0.3) is 0 Å². The van der Waals surface area contributed by atoms with Gasteiger partial charge in [-0.2, -0.15) is 0 Å². The van der Waals surface area contributed by atoms with Gasteiger partial charge in [0.15, 0.2) is 0 Å². The lowest BCUT2D eigenvalue weighted by Crippen LogP contribution is -2.17. The van der Waals surface area contributed by atoms with Crippen molar-refractivity contribution in [3.8, 4) is 0 Å². The Balaban J connectivity index is 0.00000167. The largest absolute Gasteiger partial charge is 0.392 e. The van der Waals surface area contributed by atoms with E-state index in [0.717, 1.165) is 16.6 Å². The van der Waals surface area contributed by atoms with E-state index in [4.69, 9.17) is 5.11 Å². The molecule has 0 fully saturated rings. The highest BCUT2D eigenvalue weighted by atomic mass is 32.2. The molecule has 0 spiro atoms. The molecule has 1 atom stereocenters. The van der Waals surface area contributed by atoms with E-state index < -0.39 is 18.3 Å². The van der Waals surface area contributed by atoms with Crippen LogP contribution in [0.5, 0.6) is 0 Å². The standard InChI is InChI=1S/C23H19F2N3O3S2.C2H6/c24-15-3-5-16(6-4-15)26-21(30)12-32-23-28-19-8-7-17(10-20(19)33-23)27-22(31)13-1-2-14(11-29)18(25)9-13;1-2/h1-10,23,28-29H,11-12H2,(H,26,30)(H,27,31);1-2H3. The monoisotopic (exact) mass is 517 g/mol. The van der Waals surface area contributed by atoms with Gasteiger partial charge in [-0.3, -0.25) is 9.59 Å². The molecule has 184 valence electrons. The Morgan fingerprint density at radius 1 is 1.00 bits per heavy atom. The van der Waals surface area contributed by atoms with Gasteiger partial charge in [0, 0.05) is 33.1 Å². The molecule has 2 amide bonds. The fourth-order valence-electron chi connectivity index (χ4n) is 3.07. The first-order valence-electron chi connectivity index (χ1n) is 10.9. The lowest BCUT2D eigenvalue weighted by Gasteiger charge is -2.10. The Morgan fingerprint density at radius 3 is 2.40 bits per heavy atom. The van der Waals surface area contributed by atoms with Crippen LogP contribution >= 0.6 is 23.5 Å². The van der Waals surface area contributed by atoms with Crippen molar-refractivity contribution >= 4 is 52.4 Å². The van der Waals surface area contributed by atoms with Gasteiger partial charge in [0.05, 0.1) is 12.4 Å². The van der Waals surface area contributed by atoms with E-state index in [1.54, 1.807) is 6.07 Å². The maximum absolute atomic E-state index is 13.8. The number of benzene rings is 3. The molecule has 0 saturated carbocycles. The molecule has 0 saturated heterocycles. The Morgan fingerprint density at radius 2 is 1.71 bits per heavy atom. The van der Waals surface area contributed by atoms with Crippen LogP contribution in [0.15, 0.2) is 65.6 Å². The van der Waals surface area contributed by atoms with Crippen molar-refractivity contribution in [1.29, 1.82) is 0 Å². The molecule has 6 nitrogen and oxygen atoms in total. The number of hydrogen-bond acceptors (Lipinski definition) is 6. The summed E-state index contributed by atoms with van der Waals surface area (Å²) in [6, 6.07) is 14.9. The van der Waals surface area contributed by atoms with E-state index in [2.05, 4.69) is 16.0 Å². The zero-order chi connectivity index (χ0) is 25.4. The second kappa shape index (κ2) is 12.6. The number of halogens is 2. The number of hydrogen-bond donors (Lipinski definition) is 4. The summed E-state index contributed by atoms with van der Waals surface area (Å²) in [6.07, 6.45) is 0. The summed E-state index contributed by atoms with van der Waals surface area (Å²) in [6.45, 7) is 3.57. The third-order valence-corrected chi connectivity index (χ3v) is 7.20. The van der Waals surface area contributed by atoms with E-state index in [1.165, 1.54) is 59.9 Å².